The Hall–Kier alpha value is -2.47. The van der Waals surface area contributed by atoms with Crippen LogP contribution in [0, 0.1) is 0 Å². The number of nitrogens with zero attached hydrogens (tertiary/aromatic N) is 3. The summed E-state index contributed by atoms with van der Waals surface area (Å²) in [5, 5.41) is 3.33. The Morgan fingerprint density at radius 1 is 1.28 bits per heavy atom. The van der Waals surface area contributed by atoms with Crippen molar-refractivity contribution in [3.8, 4) is 5.75 Å². The Bertz CT molecular complexity index is 682. The fourth-order valence-electron chi connectivity index (χ4n) is 2.55. The first-order valence-electron chi connectivity index (χ1n) is 8.36. The van der Waals surface area contributed by atoms with Crippen LogP contribution in [0.4, 0.5) is 0 Å². The van der Waals surface area contributed by atoms with E-state index >= 15 is 0 Å². The molecule has 0 bridgehead atoms. The van der Waals surface area contributed by atoms with Gasteiger partial charge in [-0.25, -0.2) is 0 Å². The van der Waals surface area contributed by atoms with Gasteiger partial charge in [-0.2, -0.15) is 0 Å². The third kappa shape index (κ3) is 5.83. The van der Waals surface area contributed by atoms with Gasteiger partial charge in [0, 0.05) is 39.6 Å². The van der Waals surface area contributed by atoms with Crippen molar-refractivity contribution in [2.75, 3.05) is 34.4 Å². The zero-order valence-electron chi connectivity index (χ0n) is 15.5. The van der Waals surface area contributed by atoms with Crippen molar-refractivity contribution in [3.05, 3.63) is 53.9 Å². The highest BCUT2D eigenvalue weighted by Gasteiger charge is 2.07. The Balaban J connectivity index is 1.71. The summed E-state index contributed by atoms with van der Waals surface area (Å²) >= 11 is 0. The highest BCUT2D eigenvalue weighted by molar-refractivity contribution is 5.79. The molecule has 0 amide bonds. The molecule has 25 heavy (non-hydrogen) atoms. The smallest absolute Gasteiger partial charge is 0.193 e. The summed E-state index contributed by atoms with van der Waals surface area (Å²) < 4.78 is 13.1. The number of benzene rings is 1. The van der Waals surface area contributed by atoms with Gasteiger partial charge >= 0.3 is 0 Å². The normalized spacial score (nSPS) is 11.4. The third-order valence-electron chi connectivity index (χ3n) is 3.96. The zero-order chi connectivity index (χ0) is 18.1. The minimum atomic E-state index is 0.566. The number of methoxy groups -OCH3 is 1. The molecule has 0 aliphatic carbocycles. The van der Waals surface area contributed by atoms with Crippen molar-refractivity contribution >= 4 is 5.96 Å². The maximum atomic E-state index is 5.72. The first-order valence-corrected chi connectivity index (χ1v) is 8.36. The maximum Gasteiger partial charge on any atom is 0.193 e. The molecule has 2 rings (SSSR count). The summed E-state index contributed by atoms with van der Waals surface area (Å²) in [5.74, 6) is 1.70. The summed E-state index contributed by atoms with van der Waals surface area (Å²) in [4.78, 5) is 6.42. The summed E-state index contributed by atoms with van der Waals surface area (Å²) in [6, 6.07) is 12.1. The highest BCUT2D eigenvalue weighted by Crippen LogP contribution is 2.13. The minimum Gasteiger partial charge on any atom is -0.497 e. The van der Waals surface area contributed by atoms with E-state index in [-0.39, 0.29) is 0 Å². The molecule has 0 atom stereocenters. The topological polar surface area (TPSA) is 51.0 Å². The van der Waals surface area contributed by atoms with Crippen LogP contribution in [0.25, 0.3) is 0 Å². The lowest BCUT2D eigenvalue weighted by atomic mass is 10.2. The molecule has 0 unspecified atom stereocenters. The van der Waals surface area contributed by atoms with E-state index in [1.165, 1.54) is 5.69 Å². The fraction of sp³-hybridized carbons (Fsp3) is 0.421. The van der Waals surface area contributed by atoms with E-state index < -0.39 is 0 Å². The second-order valence-electron chi connectivity index (χ2n) is 5.84. The van der Waals surface area contributed by atoms with Gasteiger partial charge in [0.05, 0.1) is 26.9 Å². The second-order valence-corrected chi connectivity index (χ2v) is 5.84. The predicted octanol–water partition coefficient (Wildman–Crippen LogP) is 2.26. The SMILES string of the molecule is CN=C(NCCOCc1cccc(OC)c1)N(C)Cc1cccn1C. The lowest BCUT2D eigenvalue weighted by Crippen LogP contribution is -2.40. The van der Waals surface area contributed by atoms with Gasteiger partial charge in [-0.05, 0) is 29.8 Å². The van der Waals surface area contributed by atoms with E-state index in [9.17, 15) is 0 Å². The van der Waals surface area contributed by atoms with Crippen molar-refractivity contribution in [3.63, 3.8) is 0 Å². The molecule has 0 spiro atoms. The molecule has 6 heteroatoms. The van der Waals surface area contributed by atoms with Gasteiger partial charge in [-0.1, -0.05) is 12.1 Å². The minimum absolute atomic E-state index is 0.566. The van der Waals surface area contributed by atoms with Gasteiger partial charge in [0.25, 0.3) is 0 Å². The predicted molar refractivity (Wildman–Crippen MR) is 101 cm³/mol. The number of hydrogen-bond acceptors (Lipinski definition) is 3. The van der Waals surface area contributed by atoms with Crippen molar-refractivity contribution < 1.29 is 9.47 Å². The molecule has 6 nitrogen and oxygen atoms in total. The number of ether oxygens (including phenoxy) is 2. The lowest BCUT2D eigenvalue weighted by molar-refractivity contribution is 0.125. The highest BCUT2D eigenvalue weighted by atomic mass is 16.5. The number of aromatic nitrogens is 1. The first-order chi connectivity index (χ1) is 12.1. The monoisotopic (exact) mass is 344 g/mol. The van der Waals surface area contributed by atoms with Crippen molar-refractivity contribution in [1.82, 2.24) is 14.8 Å². The Morgan fingerprint density at radius 3 is 2.80 bits per heavy atom. The third-order valence-corrected chi connectivity index (χ3v) is 3.96. The lowest BCUT2D eigenvalue weighted by Gasteiger charge is -2.22. The molecule has 136 valence electrons. The van der Waals surface area contributed by atoms with Gasteiger partial charge in [0.15, 0.2) is 5.96 Å². The fourth-order valence-corrected chi connectivity index (χ4v) is 2.55. The van der Waals surface area contributed by atoms with Crippen LogP contribution in [0.2, 0.25) is 0 Å². The molecule has 1 aromatic heterocycles. The molecular weight excluding hydrogens is 316 g/mol. The van der Waals surface area contributed by atoms with Gasteiger partial charge < -0.3 is 24.3 Å². The summed E-state index contributed by atoms with van der Waals surface area (Å²) in [7, 11) is 7.54. The van der Waals surface area contributed by atoms with Crippen molar-refractivity contribution in [2.24, 2.45) is 12.0 Å². The molecule has 2 aromatic rings. The van der Waals surface area contributed by atoms with E-state index in [0.717, 1.165) is 23.8 Å². The van der Waals surface area contributed by atoms with E-state index in [0.29, 0.717) is 19.8 Å². The molecule has 0 radical (unpaired) electrons. The van der Waals surface area contributed by atoms with Crippen LogP contribution >= 0.6 is 0 Å². The molecule has 1 aromatic carbocycles. The van der Waals surface area contributed by atoms with Crippen LogP contribution in [0.1, 0.15) is 11.3 Å². The zero-order valence-corrected chi connectivity index (χ0v) is 15.5. The standard InChI is InChI=1S/C19H28N4O2/c1-20-19(23(3)14-17-8-6-11-22(17)2)21-10-12-25-15-16-7-5-9-18(13-16)24-4/h5-9,11,13H,10,12,14-15H2,1-4H3,(H,20,21). The van der Waals surface area contributed by atoms with E-state index in [1.807, 2.05) is 50.6 Å². The Morgan fingerprint density at radius 2 is 2.12 bits per heavy atom. The van der Waals surface area contributed by atoms with Crippen LogP contribution in [0.15, 0.2) is 47.6 Å². The van der Waals surface area contributed by atoms with Crippen LogP contribution in [0.3, 0.4) is 0 Å². The molecule has 0 saturated carbocycles. The van der Waals surface area contributed by atoms with E-state index in [2.05, 4.69) is 25.8 Å². The van der Waals surface area contributed by atoms with Crippen LogP contribution in [-0.2, 0) is 24.9 Å². The molecule has 1 heterocycles. The number of hydrogen-bond donors (Lipinski definition) is 1. The van der Waals surface area contributed by atoms with E-state index in [4.69, 9.17) is 9.47 Å². The first kappa shape index (κ1) is 18.9. The number of guanidine groups is 1. The number of rotatable bonds is 8. The van der Waals surface area contributed by atoms with Gasteiger partial charge in [-0.15, -0.1) is 0 Å². The molecule has 0 aliphatic heterocycles. The molecule has 1 N–H and O–H groups in total. The maximum absolute atomic E-state index is 5.72. The van der Waals surface area contributed by atoms with Crippen LogP contribution in [-0.4, -0.2) is 49.8 Å². The Labute approximate surface area is 150 Å². The average molecular weight is 344 g/mol. The molecule has 0 fully saturated rings. The summed E-state index contributed by atoms with van der Waals surface area (Å²) in [6.07, 6.45) is 2.05. The van der Waals surface area contributed by atoms with Gasteiger partial charge in [-0.3, -0.25) is 4.99 Å². The largest absolute Gasteiger partial charge is 0.497 e. The van der Waals surface area contributed by atoms with Gasteiger partial charge in [0.2, 0.25) is 0 Å². The molecular formula is C19H28N4O2. The second kappa shape index (κ2) is 9.74. The average Bonchev–Trinajstić information content (AvgIpc) is 3.03. The quantitative estimate of drug-likeness (QED) is 0.453. The number of nitrogens with one attached hydrogen (secondary N) is 1. The van der Waals surface area contributed by atoms with Crippen molar-refractivity contribution in [2.45, 2.75) is 13.2 Å². The van der Waals surface area contributed by atoms with Crippen molar-refractivity contribution in [1.29, 1.82) is 0 Å². The summed E-state index contributed by atoms with van der Waals surface area (Å²) in [5.41, 5.74) is 2.34. The Kier molecular flexibility index (Phi) is 7.35. The number of aryl methyl sites for hydroxylation is 1. The summed E-state index contributed by atoms with van der Waals surface area (Å²) in [6.45, 7) is 2.67. The molecule has 0 saturated heterocycles. The number of aliphatic imine (C=N–C) groups is 1. The van der Waals surface area contributed by atoms with Crippen LogP contribution in [0.5, 0.6) is 5.75 Å². The molecule has 0 aliphatic rings. The van der Waals surface area contributed by atoms with Gasteiger partial charge in [0.1, 0.15) is 5.75 Å². The van der Waals surface area contributed by atoms with E-state index in [1.54, 1.807) is 14.2 Å². The van der Waals surface area contributed by atoms with Crippen LogP contribution < -0.4 is 10.1 Å².